The fraction of sp³-hybridized carbons (Fsp3) is 0.296. The molecule has 6 nitrogen and oxygen atoms in total. The molecule has 1 fully saturated rings. The van der Waals surface area contributed by atoms with Gasteiger partial charge in [-0.05, 0) is 73.5 Å². The number of hydrogen-bond acceptors (Lipinski definition) is 4. The van der Waals surface area contributed by atoms with Gasteiger partial charge in [0.25, 0.3) is 10.0 Å². The fourth-order valence-corrected chi connectivity index (χ4v) is 5.81. The lowest BCUT2D eigenvalue weighted by Crippen LogP contribution is -2.40. The van der Waals surface area contributed by atoms with Crippen molar-refractivity contribution >= 4 is 33.2 Å². The second-order valence-electron chi connectivity index (χ2n) is 8.73. The van der Waals surface area contributed by atoms with E-state index in [9.17, 15) is 13.2 Å². The van der Waals surface area contributed by atoms with Crippen molar-refractivity contribution in [3.8, 4) is 0 Å². The highest BCUT2D eigenvalue weighted by molar-refractivity contribution is 7.92. The predicted octanol–water partition coefficient (Wildman–Crippen LogP) is 4.84. The van der Waals surface area contributed by atoms with Crippen LogP contribution in [0.25, 0.3) is 0 Å². The second kappa shape index (κ2) is 11.7. The Morgan fingerprint density at radius 2 is 1.57 bits per heavy atom. The van der Waals surface area contributed by atoms with Gasteiger partial charge in [0.05, 0.1) is 10.6 Å². The van der Waals surface area contributed by atoms with Crippen LogP contribution in [-0.4, -0.2) is 38.9 Å². The molecule has 8 heteroatoms. The smallest absolute Gasteiger partial charge is 0.264 e. The van der Waals surface area contributed by atoms with Gasteiger partial charge in [-0.2, -0.15) is 0 Å². The lowest BCUT2D eigenvalue weighted by Gasteiger charge is -2.26. The molecule has 0 bridgehead atoms. The summed E-state index contributed by atoms with van der Waals surface area (Å²) in [4.78, 5) is 15.5. The zero-order valence-corrected chi connectivity index (χ0v) is 21.1. The molecule has 0 atom stereocenters. The molecule has 0 unspecified atom stereocenters. The van der Waals surface area contributed by atoms with E-state index < -0.39 is 10.0 Å². The van der Waals surface area contributed by atoms with Crippen LogP contribution in [0.2, 0.25) is 5.02 Å². The summed E-state index contributed by atoms with van der Waals surface area (Å²) in [5.74, 6) is -0.388. The predicted molar refractivity (Wildman–Crippen MR) is 140 cm³/mol. The van der Waals surface area contributed by atoms with Crippen molar-refractivity contribution < 1.29 is 13.2 Å². The standard InChI is InChI=1S/C27H30ClN3O3S/c28-24-12-14-25(15-13-24)31(35(33,34)26-10-3-1-4-11-26)21-27(32)29-19-22-8-7-9-23(18-22)20-30-16-5-2-6-17-30/h1,3-4,7-15,18H,2,5-6,16-17,19-21H2,(H,29,32). The minimum atomic E-state index is -3.94. The number of anilines is 1. The quantitative estimate of drug-likeness (QED) is 0.446. The highest BCUT2D eigenvalue weighted by Gasteiger charge is 2.27. The number of sulfonamides is 1. The maximum atomic E-state index is 13.4. The van der Waals surface area contributed by atoms with Gasteiger partial charge < -0.3 is 5.32 Å². The fourth-order valence-electron chi connectivity index (χ4n) is 4.24. The van der Waals surface area contributed by atoms with Crippen LogP contribution < -0.4 is 9.62 Å². The lowest BCUT2D eigenvalue weighted by molar-refractivity contribution is -0.119. The van der Waals surface area contributed by atoms with Crippen LogP contribution in [-0.2, 0) is 27.9 Å². The third-order valence-corrected chi connectivity index (χ3v) is 8.11. The maximum absolute atomic E-state index is 13.4. The highest BCUT2D eigenvalue weighted by Crippen LogP contribution is 2.25. The molecule has 0 radical (unpaired) electrons. The Morgan fingerprint density at radius 1 is 0.886 bits per heavy atom. The monoisotopic (exact) mass is 511 g/mol. The number of halogens is 1. The highest BCUT2D eigenvalue weighted by atomic mass is 35.5. The Morgan fingerprint density at radius 3 is 2.29 bits per heavy atom. The van der Waals surface area contributed by atoms with E-state index in [4.69, 9.17) is 11.6 Å². The van der Waals surface area contributed by atoms with Crippen molar-refractivity contribution in [2.45, 2.75) is 37.2 Å². The molecule has 1 heterocycles. The number of carbonyl (C=O) groups is 1. The summed E-state index contributed by atoms with van der Waals surface area (Å²) >= 11 is 5.99. The van der Waals surface area contributed by atoms with Crippen molar-refractivity contribution in [2.24, 2.45) is 0 Å². The van der Waals surface area contributed by atoms with Crippen LogP contribution in [0.5, 0.6) is 0 Å². The molecular weight excluding hydrogens is 482 g/mol. The van der Waals surface area contributed by atoms with Gasteiger partial charge in [-0.1, -0.05) is 60.5 Å². The van der Waals surface area contributed by atoms with Crippen LogP contribution in [0.3, 0.4) is 0 Å². The maximum Gasteiger partial charge on any atom is 0.264 e. The first-order valence-corrected chi connectivity index (χ1v) is 13.6. The number of nitrogens with one attached hydrogen (secondary N) is 1. The molecule has 184 valence electrons. The first-order valence-electron chi connectivity index (χ1n) is 11.8. The lowest BCUT2D eigenvalue weighted by atomic mass is 10.1. The third kappa shape index (κ3) is 6.84. The van der Waals surface area contributed by atoms with Gasteiger partial charge in [0.15, 0.2) is 0 Å². The minimum Gasteiger partial charge on any atom is -0.350 e. The van der Waals surface area contributed by atoms with Crippen LogP contribution in [0.15, 0.2) is 83.8 Å². The molecule has 0 aliphatic carbocycles. The second-order valence-corrected chi connectivity index (χ2v) is 11.0. The van der Waals surface area contributed by atoms with E-state index in [1.165, 1.54) is 37.0 Å². The Balaban J connectivity index is 1.45. The SMILES string of the molecule is O=C(CN(c1ccc(Cl)cc1)S(=O)(=O)c1ccccc1)NCc1cccc(CN2CCCCC2)c1. The number of nitrogens with zero attached hydrogens (tertiary/aromatic N) is 2. The molecule has 35 heavy (non-hydrogen) atoms. The average Bonchev–Trinajstić information content (AvgIpc) is 2.88. The van der Waals surface area contributed by atoms with E-state index in [1.807, 2.05) is 12.1 Å². The van der Waals surface area contributed by atoms with E-state index >= 15 is 0 Å². The molecule has 3 aromatic rings. The number of benzene rings is 3. The largest absolute Gasteiger partial charge is 0.350 e. The van der Waals surface area contributed by atoms with Crippen LogP contribution >= 0.6 is 11.6 Å². The van der Waals surface area contributed by atoms with Crippen molar-refractivity contribution in [2.75, 3.05) is 23.9 Å². The van der Waals surface area contributed by atoms with Gasteiger partial charge >= 0.3 is 0 Å². The van der Waals surface area contributed by atoms with Crippen LogP contribution in [0, 0.1) is 0 Å². The Hall–Kier alpha value is -2.87. The number of likely N-dealkylation sites (tertiary alicyclic amines) is 1. The summed E-state index contributed by atoms with van der Waals surface area (Å²) in [6.45, 7) is 3.13. The van der Waals surface area contributed by atoms with Gasteiger partial charge in [-0.25, -0.2) is 8.42 Å². The first-order chi connectivity index (χ1) is 16.9. The Bertz CT molecular complexity index is 1230. The zero-order chi connectivity index (χ0) is 24.7. The molecule has 0 saturated carbocycles. The van der Waals surface area contributed by atoms with Crippen LogP contribution in [0.1, 0.15) is 30.4 Å². The third-order valence-electron chi connectivity index (χ3n) is 6.07. The molecule has 1 amide bonds. The molecule has 1 aliphatic rings. The molecule has 0 aromatic heterocycles. The Kier molecular flexibility index (Phi) is 8.44. The minimum absolute atomic E-state index is 0.119. The van der Waals surface area contributed by atoms with E-state index in [2.05, 4.69) is 22.3 Å². The van der Waals surface area contributed by atoms with Crippen LogP contribution in [0.4, 0.5) is 5.69 Å². The number of carbonyl (C=O) groups excluding carboxylic acids is 1. The summed E-state index contributed by atoms with van der Waals surface area (Å²) in [5, 5.41) is 3.37. The van der Waals surface area contributed by atoms with Crippen molar-refractivity contribution in [1.82, 2.24) is 10.2 Å². The summed E-state index contributed by atoms with van der Waals surface area (Å²) in [6, 6.07) is 22.7. The molecule has 1 saturated heterocycles. The topological polar surface area (TPSA) is 69.7 Å². The molecule has 3 aromatic carbocycles. The number of piperidine rings is 1. The van der Waals surface area contributed by atoms with Crippen molar-refractivity contribution in [3.63, 3.8) is 0 Å². The van der Waals surface area contributed by atoms with E-state index in [0.717, 1.165) is 29.5 Å². The van der Waals surface area contributed by atoms with Crippen molar-refractivity contribution in [1.29, 1.82) is 0 Å². The van der Waals surface area contributed by atoms with Gasteiger partial charge in [0, 0.05) is 18.1 Å². The summed E-state index contributed by atoms with van der Waals surface area (Å²) in [6.07, 6.45) is 3.78. The number of amides is 1. The molecule has 4 rings (SSSR count). The number of rotatable bonds is 9. The van der Waals surface area contributed by atoms with E-state index in [-0.39, 0.29) is 17.3 Å². The summed E-state index contributed by atoms with van der Waals surface area (Å²) in [5.41, 5.74) is 2.57. The van der Waals surface area contributed by atoms with E-state index in [1.54, 1.807) is 42.5 Å². The molecule has 1 N–H and O–H groups in total. The van der Waals surface area contributed by atoms with Gasteiger partial charge in [0.1, 0.15) is 6.54 Å². The number of hydrogen-bond donors (Lipinski definition) is 1. The Labute approximate surface area is 212 Å². The van der Waals surface area contributed by atoms with Gasteiger partial charge in [-0.15, -0.1) is 0 Å². The zero-order valence-electron chi connectivity index (χ0n) is 19.6. The normalized spacial score (nSPS) is 14.4. The molecular formula is C27H30ClN3O3S. The van der Waals surface area contributed by atoms with Gasteiger partial charge in [0.2, 0.25) is 5.91 Å². The van der Waals surface area contributed by atoms with Gasteiger partial charge in [-0.3, -0.25) is 14.0 Å². The molecule has 1 aliphatic heterocycles. The summed E-state index contributed by atoms with van der Waals surface area (Å²) in [7, 11) is -3.94. The first kappa shape index (κ1) is 25.2. The molecule has 0 spiro atoms. The van der Waals surface area contributed by atoms with Crippen molar-refractivity contribution in [3.05, 3.63) is 95.0 Å². The average molecular weight is 512 g/mol. The summed E-state index contributed by atoms with van der Waals surface area (Å²) < 4.78 is 27.9. The van der Waals surface area contributed by atoms with E-state index in [0.29, 0.717) is 17.3 Å².